The van der Waals surface area contributed by atoms with Crippen LogP contribution in [0, 0.1) is 30.1 Å². The zero-order valence-electron chi connectivity index (χ0n) is 15.6. The van der Waals surface area contributed by atoms with Gasteiger partial charge in [-0.2, -0.15) is 8.42 Å². The van der Waals surface area contributed by atoms with Crippen LogP contribution in [0.15, 0.2) is 29.2 Å². The van der Waals surface area contributed by atoms with Gasteiger partial charge >= 0.3 is 0 Å². The van der Waals surface area contributed by atoms with E-state index in [1.54, 1.807) is 24.3 Å². The van der Waals surface area contributed by atoms with Gasteiger partial charge in [0.2, 0.25) is 0 Å². The highest BCUT2D eigenvalue weighted by Gasteiger charge is 2.54. The molecule has 3 rings (SSSR count). The number of carbonyl (C=O) groups is 1. The molecule has 1 aromatic carbocycles. The molecule has 6 heteroatoms. The SMILES string of the molecule is Cc1ccc(S(=O)(=O)OC[C@H](C)[C@H]2CC[C@H]3C(=O)C[C@H](O)C[C@]23C)cc1. The summed E-state index contributed by atoms with van der Waals surface area (Å²) in [5.41, 5.74) is 0.716. The molecule has 0 heterocycles. The second kappa shape index (κ2) is 7.06. The second-order valence-corrected chi connectivity index (χ2v) is 9.91. The quantitative estimate of drug-likeness (QED) is 0.794. The average Bonchev–Trinajstić information content (AvgIpc) is 2.90. The number of carbonyl (C=O) groups excluding carboxylic acids is 1. The molecule has 5 atom stereocenters. The summed E-state index contributed by atoms with van der Waals surface area (Å²) in [5, 5.41) is 10.1. The van der Waals surface area contributed by atoms with Crippen molar-refractivity contribution in [3.63, 3.8) is 0 Å². The van der Waals surface area contributed by atoms with Crippen molar-refractivity contribution in [2.75, 3.05) is 6.61 Å². The number of aliphatic hydroxyl groups is 1. The third-order valence-corrected chi connectivity index (χ3v) is 7.69. The molecule has 2 saturated carbocycles. The van der Waals surface area contributed by atoms with Gasteiger partial charge in [-0.25, -0.2) is 0 Å². The van der Waals surface area contributed by atoms with Crippen molar-refractivity contribution in [1.82, 2.24) is 0 Å². The summed E-state index contributed by atoms with van der Waals surface area (Å²) in [4.78, 5) is 12.5. The molecule has 0 unspecified atom stereocenters. The molecule has 0 saturated heterocycles. The molecular weight excluding hydrogens is 352 g/mol. The molecule has 0 radical (unpaired) electrons. The molecule has 0 bridgehead atoms. The van der Waals surface area contributed by atoms with E-state index in [0.717, 1.165) is 18.4 Å². The van der Waals surface area contributed by atoms with Crippen LogP contribution in [0.2, 0.25) is 0 Å². The topological polar surface area (TPSA) is 80.7 Å². The van der Waals surface area contributed by atoms with Crippen LogP contribution in [0.5, 0.6) is 0 Å². The summed E-state index contributed by atoms with van der Waals surface area (Å²) < 4.78 is 30.2. The summed E-state index contributed by atoms with van der Waals surface area (Å²) in [5.74, 6) is 0.282. The van der Waals surface area contributed by atoms with Crippen molar-refractivity contribution in [3.8, 4) is 0 Å². The van der Waals surface area contributed by atoms with Gasteiger partial charge in [-0.15, -0.1) is 0 Å². The van der Waals surface area contributed by atoms with E-state index >= 15 is 0 Å². The number of fused-ring (bicyclic) bond motifs is 1. The van der Waals surface area contributed by atoms with Gasteiger partial charge in [0.25, 0.3) is 10.1 Å². The van der Waals surface area contributed by atoms with Crippen LogP contribution in [-0.2, 0) is 19.1 Å². The van der Waals surface area contributed by atoms with E-state index in [0.29, 0.717) is 6.42 Å². The number of benzene rings is 1. The Kier molecular flexibility index (Phi) is 5.30. The normalized spacial score (nSPS) is 33.1. The van der Waals surface area contributed by atoms with E-state index in [4.69, 9.17) is 4.18 Å². The lowest BCUT2D eigenvalue weighted by molar-refractivity contribution is -0.135. The van der Waals surface area contributed by atoms with Crippen LogP contribution in [0.1, 0.15) is 45.1 Å². The molecule has 26 heavy (non-hydrogen) atoms. The van der Waals surface area contributed by atoms with Gasteiger partial charge in [0.15, 0.2) is 0 Å². The van der Waals surface area contributed by atoms with Gasteiger partial charge in [0.1, 0.15) is 5.78 Å². The number of Topliss-reactive ketones (excluding diaryl/α,β-unsaturated/α-hetero) is 1. The molecule has 0 aromatic heterocycles. The Morgan fingerprint density at radius 2 is 1.92 bits per heavy atom. The summed E-state index contributed by atoms with van der Waals surface area (Å²) in [6, 6.07) is 6.60. The number of aryl methyl sites for hydroxylation is 1. The Balaban J connectivity index is 1.69. The molecule has 2 fully saturated rings. The lowest BCUT2D eigenvalue weighted by Crippen LogP contribution is -2.45. The van der Waals surface area contributed by atoms with Gasteiger partial charge in [0.05, 0.1) is 17.6 Å². The van der Waals surface area contributed by atoms with Crippen molar-refractivity contribution >= 4 is 15.9 Å². The monoisotopic (exact) mass is 380 g/mol. The molecule has 144 valence electrons. The first-order valence-corrected chi connectivity index (χ1v) is 10.7. The maximum atomic E-state index is 12.4. The second-order valence-electron chi connectivity index (χ2n) is 8.30. The molecule has 2 aliphatic rings. The summed E-state index contributed by atoms with van der Waals surface area (Å²) in [7, 11) is -3.79. The fraction of sp³-hybridized carbons (Fsp3) is 0.650. The Morgan fingerprint density at radius 1 is 1.27 bits per heavy atom. The third kappa shape index (κ3) is 3.59. The van der Waals surface area contributed by atoms with E-state index in [1.807, 2.05) is 13.8 Å². The molecule has 0 spiro atoms. The fourth-order valence-electron chi connectivity index (χ4n) is 5.06. The Morgan fingerprint density at radius 3 is 2.58 bits per heavy atom. The third-order valence-electron chi connectivity index (χ3n) is 6.39. The van der Waals surface area contributed by atoms with Gasteiger partial charge in [-0.1, -0.05) is 31.5 Å². The maximum absolute atomic E-state index is 12.4. The van der Waals surface area contributed by atoms with Crippen LogP contribution in [0.3, 0.4) is 0 Å². The zero-order valence-corrected chi connectivity index (χ0v) is 16.5. The first kappa shape index (κ1) is 19.5. The minimum atomic E-state index is -3.79. The minimum Gasteiger partial charge on any atom is -0.393 e. The van der Waals surface area contributed by atoms with E-state index in [-0.39, 0.29) is 46.9 Å². The van der Waals surface area contributed by atoms with Crippen LogP contribution in [-0.4, -0.2) is 32.0 Å². The highest BCUT2D eigenvalue weighted by atomic mass is 32.2. The van der Waals surface area contributed by atoms with Gasteiger partial charge in [-0.05, 0) is 55.6 Å². The Labute approximate surface area is 155 Å². The summed E-state index contributed by atoms with van der Waals surface area (Å²) >= 11 is 0. The van der Waals surface area contributed by atoms with Crippen molar-refractivity contribution in [2.24, 2.45) is 23.2 Å². The van der Waals surface area contributed by atoms with Crippen molar-refractivity contribution < 1.29 is 22.5 Å². The zero-order chi connectivity index (χ0) is 19.1. The lowest BCUT2D eigenvalue weighted by atomic mass is 9.61. The molecule has 1 aromatic rings. The van der Waals surface area contributed by atoms with Crippen LogP contribution >= 0.6 is 0 Å². The first-order valence-electron chi connectivity index (χ1n) is 9.30. The Hall–Kier alpha value is -1.24. The predicted molar refractivity (Wildman–Crippen MR) is 98.0 cm³/mol. The number of hydrogen-bond donors (Lipinski definition) is 1. The highest BCUT2D eigenvalue weighted by Crippen LogP contribution is 2.56. The standard InChI is InChI=1S/C20H28O5S/c1-13-4-6-16(7-5-13)26(23,24)25-12-14(2)17-8-9-18-19(22)10-15(21)11-20(17,18)3/h4-7,14-15,17-18,21H,8-12H2,1-3H3/t14-,15-,17+,18-,20+/m0/s1. The number of rotatable bonds is 5. The largest absolute Gasteiger partial charge is 0.393 e. The number of hydrogen-bond acceptors (Lipinski definition) is 5. The highest BCUT2D eigenvalue weighted by molar-refractivity contribution is 7.86. The maximum Gasteiger partial charge on any atom is 0.296 e. The van der Waals surface area contributed by atoms with Crippen molar-refractivity contribution in [2.45, 2.75) is 57.5 Å². The molecule has 0 amide bonds. The van der Waals surface area contributed by atoms with E-state index < -0.39 is 16.2 Å². The van der Waals surface area contributed by atoms with E-state index in [1.165, 1.54) is 0 Å². The smallest absolute Gasteiger partial charge is 0.296 e. The van der Waals surface area contributed by atoms with E-state index in [9.17, 15) is 18.3 Å². The van der Waals surface area contributed by atoms with Crippen molar-refractivity contribution in [1.29, 1.82) is 0 Å². The average molecular weight is 381 g/mol. The molecule has 0 aliphatic heterocycles. The molecule has 2 aliphatic carbocycles. The van der Waals surface area contributed by atoms with Crippen molar-refractivity contribution in [3.05, 3.63) is 29.8 Å². The van der Waals surface area contributed by atoms with Crippen LogP contribution < -0.4 is 0 Å². The van der Waals surface area contributed by atoms with Gasteiger partial charge in [0, 0.05) is 12.3 Å². The van der Waals surface area contributed by atoms with Gasteiger partial charge < -0.3 is 5.11 Å². The lowest BCUT2D eigenvalue weighted by Gasteiger charge is -2.43. The molecule has 5 nitrogen and oxygen atoms in total. The van der Waals surface area contributed by atoms with E-state index in [2.05, 4.69) is 6.92 Å². The number of aliphatic hydroxyl groups excluding tert-OH is 1. The summed E-state index contributed by atoms with van der Waals surface area (Å²) in [6.45, 7) is 6.04. The fourth-order valence-corrected chi connectivity index (χ4v) is 6.06. The minimum absolute atomic E-state index is 0.0108. The first-order chi connectivity index (χ1) is 12.1. The number of ketones is 1. The van der Waals surface area contributed by atoms with Gasteiger partial charge in [-0.3, -0.25) is 8.98 Å². The molecular formula is C20H28O5S. The Bertz CT molecular complexity index is 770. The predicted octanol–water partition coefficient (Wildman–Crippen LogP) is 3.09. The summed E-state index contributed by atoms with van der Waals surface area (Å²) in [6.07, 6.45) is 1.95. The molecule has 1 N–H and O–H groups in total. The van der Waals surface area contributed by atoms with Crippen LogP contribution in [0.25, 0.3) is 0 Å². The van der Waals surface area contributed by atoms with Crippen LogP contribution in [0.4, 0.5) is 0 Å².